The molecular formula is C12H20F2N4O2S. The molecule has 21 heavy (non-hydrogen) atoms. The van der Waals surface area contributed by atoms with Crippen LogP contribution in [0.3, 0.4) is 0 Å². The van der Waals surface area contributed by atoms with Gasteiger partial charge in [0.1, 0.15) is 17.3 Å². The molecule has 1 aromatic heterocycles. The summed E-state index contributed by atoms with van der Waals surface area (Å²) in [5, 5.41) is 3.24. The van der Waals surface area contributed by atoms with E-state index in [0.717, 1.165) is 13.0 Å². The van der Waals surface area contributed by atoms with E-state index in [2.05, 4.69) is 15.0 Å². The van der Waals surface area contributed by atoms with E-state index in [1.54, 1.807) is 0 Å². The van der Waals surface area contributed by atoms with Gasteiger partial charge in [0.05, 0.1) is 6.61 Å². The van der Waals surface area contributed by atoms with Crippen molar-refractivity contribution >= 4 is 28.2 Å². The summed E-state index contributed by atoms with van der Waals surface area (Å²) in [4.78, 5) is 18.3. The SMILES string of the molecule is CCCN(C)c1nc(N)c(C(=O)NCCOCC(F)F)s1. The minimum atomic E-state index is -2.51. The Balaban J connectivity index is 2.47. The van der Waals surface area contributed by atoms with Gasteiger partial charge in [0.25, 0.3) is 12.3 Å². The second-order valence-electron chi connectivity index (χ2n) is 4.35. The number of halogens is 2. The second-order valence-corrected chi connectivity index (χ2v) is 5.33. The van der Waals surface area contributed by atoms with Crippen molar-refractivity contribution in [2.75, 3.05) is 44.0 Å². The minimum Gasteiger partial charge on any atom is -0.382 e. The highest BCUT2D eigenvalue weighted by atomic mass is 32.1. The predicted molar refractivity (Wildman–Crippen MR) is 79.2 cm³/mol. The number of carbonyl (C=O) groups is 1. The average Bonchev–Trinajstić information content (AvgIpc) is 2.80. The number of alkyl halides is 2. The highest BCUT2D eigenvalue weighted by molar-refractivity contribution is 7.18. The Labute approximate surface area is 126 Å². The molecule has 120 valence electrons. The van der Waals surface area contributed by atoms with E-state index >= 15 is 0 Å². The molecule has 0 spiro atoms. The zero-order chi connectivity index (χ0) is 15.8. The van der Waals surface area contributed by atoms with Crippen molar-refractivity contribution in [3.8, 4) is 0 Å². The van der Waals surface area contributed by atoms with Crippen LogP contribution >= 0.6 is 11.3 Å². The monoisotopic (exact) mass is 322 g/mol. The van der Waals surface area contributed by atoms with E-state index in [0.29, 0.717) is 10.0 Å². The lowest BCUT2D eigenvalue weighted by Gasteiger charge is -2.13. The number of hydrogen-bond acceptors (Lipinski definition) is 6. The van der Waals surface area contributed by atoms with E-state index in [1.165, 1.54) is 11.3 Å². The molecule has 0 saturated carbocycles. The Morgan fingerprint density at radius 3 is 2.90 bits per heavy atom. The fraction of sp³-hybridized carbons (Fsp3) is 0.667. The predicted octanol–water partition coefficient (Wildman–Crippen LogP) is 1.58. The van der Waals surface area contributed by atoms with Crippen molar-refractivity contribution in [3.05, 3.63) is 4.88 Å². The number of aromatic nitrogens is 1. The Hall–Kier alpha value is -1.48. The highest BCUT2D eigenvalue weighted by Crippen LogP contribution is 2.27. The average molecular weight is 322 g/mol. The fourth-order valence-corrected chi connectivity index (χ4v) is 2.46. The lowest BCUT2D eigenvalue weighted by Crippen LogP contribution is -2.27. The summed E-state index contributed by atoms with van der Waals surface area (Å²) in [5.74, 6) is -0.203. The first-order valence-electron chi connectivity index (χ1n) is 6.57. The topological polar surface area (TPSA) is 80.5 Å². The van der Waals surface area contributed by atoms with Gasteiger partial charge in [0.15, 0.2) is 5.13 Å². The molecular weight excluding hydrogens is 302 g/mol. The molecule has 0 aromatic carbocycles. The summed E-state index contributed by atoms with van der Waals surface area (Å²) in [6.45, 7) is 2.39. The van der Waals surface area contributed by atoms with Gasteiger partial charge < -0.3 is 20.7 Å². The van der Waals surface area contributed by atoms with Crippen LogP contribution in [0.5, 0.6) is 0 Å². The van der Waals surface area contributed by atoms with Crippen molar-refractivity contribution in [3.63, 3.8) is 0 Å². The van der Waals surface area contributed by atoms with Crippen molar-refractivity contribution in [2.24, 2.45) is 0 Å². The largest absolute Gasteiger partial charge is 0.382 e. The maximum absolute atomic E-state index is 11.9. The normalized spacial score (nSPS) is 10.9. The first-order chi connectivity index (χ1) is 9.95. The lowest BCUT2D eigenvalue weighted by atomic mass is 10.4. The molecule has 1 aromatic rings. The summed E-state index contributed by atoms with van der Waals surface area (Å²) in [5.41, 5.74) is 5.73. The minimum absolute atomic E-state index is 0.0252. The van der Waals surface area contributed by atoms with Crippen LogP contribution in [0, 0.1) is 0 Å². The number of anilines is 2. The summed E-state index contributed by atoms with van der Waals surface area (Å²) >= 11 is 1.20. The molecule has 0 bridgehead atoms. The van der Waals surface area contributed by atoms with Gasteiger partial charge in [-0.25, -0.2) is 13.8 Å². The Kier molecular flexibility index (Phi) is 7.30. The molecule has 0 atom stereocenters. The molecule has 3 N–H and O–H groups in total. The standard InChI is InChI=1S/C12H20F2N4O2S/c1-3-5-18(2)12-17-10(15)9(21-12)11(19)16-4-6-20-7-8(13)14/h8H,3-7,15H2,1-2H3,(H,16,19). The van der Waals surface area contributed by atoms with E-state index in [4.69, 9.17) is 5.73 Å². The number of nitrogens with zero attached hydrogens (tertiary/aromatic N) is 2. The quantitative estimate of drug-likeness (QED) is 0.675. The van der Waals surface area contributed by atoms with Crippen molar-refractivity contribution < 1.29 is 18.3 Å². The van der Waals surface area contributed by atoms with E-state index in [9.17, 15) is 13.6 Å². The second kappa shape index (κ2) is 8.73. The Morgan fingerprint density at radius 2 is 2.29 bits per heavy atom. The molecule has 0 aliphatic rings. The summed E-state index contributed by atoms with van der Waals surface area (Å²) in [6.07, 6.45) is -1.55. The smallest absolute Gasteiger partial charge is 0.265 e. The molecule has 0 unspecified atom stereocenters. The molecule has 0 aliphatic heterocycles. The number of nitrogen functional groups attached to an aromatic ring is 1. The van der Waals surface area contributed by atoms with Gasteiger partial charge >= 0.3 is 0 Å². The van der Waals surface area contributed by atoms with E-state index < -0.39 is 13.0 Å². The van der Waals surface area contributed by atoms with Gasteiger partial charge in [-0.2, -0.15) is 0 Å². The van der Waals surface area contributed by atoms with Crippen LogP contribution in [0.25, 0.3) is 0 Å². The van der Waals surface area contributed by atoms with Crippen LogP contribution in [-0.4, -0.2) is 50.7 Å². The molecule has 0 radical (unpaired) electrons. The number of thiazole rings is 1. The number of ether oxygens (including phenoxy) is 1. The van der Waals surface area contributed by atoms with Crippen molar-refractivity contribution in [1.29, 1.82) is 0 Å². The van der Waals surface area contributed by atoms with Crippen LogP contribution in [0.15, 0.2) is 0 Å². The molecule has 0 aliphatic carbocycles. The fourth-order valence-electron chi connectivity index (χ4n) is 1.57. The van der Waals surface area contributed by atoms with Crippen LogP contribution in [0.4, 0.5) is 19.7 Å². The summed E-state index contributed by atoms with van der Waals surface area (Å²) < 4.78 is 28.3. The first kappa shape index (κ1) is 17.6. The molecule has 1 heterocycles. The summed E-state index contributed by atoms with van der Waals surface area (Å²) in [6, 6.07) is 0. The Morgan fingerprint density at radius 1 is 1.57 bits per heavy atom. The van der Waals surface area contributed by atoms with Crippen molar-refractivity contribution in [1.82, 2.24) is 10.3 Å². The molecule has 9 heteroatoms. The molecule has 1 amide bonds. The van der Waals surface area contributed by atoms with Crippen LogP contribution in [-0.2, 0) is 4.74 Å². The van der Waals surface area contributed by atoms with Gasteiger partial charge in [0.2, 0.25) is 0 Å². The lowest BCUT2D eigenvalue weighted by molar-refractivity contribution is 0.0188. The number of rotatable bonds is 9. The van der Waals surface area contributed by atoms with Gasteiger partial charge in [-0.15, -0.1) is 0 Å². The van der Waals surface area contributed by atoms with Crippen LogP contribution in [0.2, 0.25) is 0 Å². The van der Waals surface area contributed by atoms with Crippen LogP contribution < -0.4 is 16.0 Å². The zero-order valence-corrected chi connectivity index (χ0v) is 12.9. The first-order valence-corrected chi connectivity index (χ1v) is 7.38. The van der Waals surface area contributed by atoms with Gasteiger partial charge in [0, 0.05) is 20.1 Å². The molecule has 6 nitrogen and oxygen atoms in total. The third kappa shape index (κ3) is 5.80. The van der Waals surface area contributed by atoms with E-state index in [1.807, 2.05) is 18.9 Å². The van der Waals surface area contributed by atoms with Gasteiger partial charge in [-0.05, 0) is 6.42 Å². The molecule has 1 rings (SSSR count). The Bertz CT molecular complexity index is 456. The van der Waals surface area contributed by atoms with E-state index in [-0.39, 0.29) is 24.9 Å². The number of nitrogens with two attached hydrogens (primary N) is 1. The van der Waals surface area contributed by atoms with Crippen LogP contribution in [0.1, 0.15) is 23.0 Å². The van der Waals surface area contributed by atoms with Gasteiger partial charge in [-0.3, -0.25) is 4.79 Å². The summed E-state index contributed by atoms with van der Waals surface area (Å²) in [7, 11) is 1.88. The number of amides is 1. The number of nitrogens with one attached hydrogen (secondary N) is 1. The highest BCUT2D eigenvalue weighted by Gasteiger charge is 2.17. The van der Waals surface area contributed by atoms with Crippen molar-refractivity contribution in [2.45, 2.75) is 19.8 Å². The maximum atomic E-state index is 11.9. The third-order valence-electron chi connectivity index (χ3n) is 2.51. The zero-order valence-electron chi connectivity index (χ0n) is 12.1. The number of hydrogen-bond donors (Lipinski definition) is 2. The molecule has 0 saturated heterocycles. The van der Waals surface area contributed by atoms with Gasteiger partial charge in [-0.1, -0.05) is 18.3 Å². The molecule has 0 fully saturated rings. The third-order valence-corrected chi connectivity index (χ3v) is 3.69. The number of carbonyl (C=O) groups excluding carboxylic acids is 1. The maximum Gasteiger partial charge on any atom is 0.265 e.